The Kier molecular flexibility index (Phi) is 5.63. The SMILES string of the molecule is COc1ccc(-c2cc(C)[nH]c(=O)c2C#N)cc1COc1ccccc1Br. The molecule has 0 saturated heterocycles. The molecule has 0 spiro atoms. The van der Waals surface area contributed by atoms with E-state index in [-0.39, 0.29) is 12.2 Å². The monoisotopic (exact) mass is 424 g/mol. The van der Waals surface area contributed by atoms with E-state index in [1.165, 1.54) is 0 Å². The molecule has 0 unspecified atom stereocenters. The number of para-hydroxylation sites is 1. The summed E-state index contributed by atoms with van der Waals surface area (Å²) < 4.78 is 12.2. The molecular formula is C21H17BrN2O3. The van der Waals surface area contributed by atoms with Crippen LogP contribution < -0.4 is 15.0 Å². The number of benzene rings is 2. The van der Waals surface area contributed by atoms with Gasteiger partial charge in [0.2, 0.25) is 0 Å². The highest BCUT2D eigenvalue weighted by Crippen LogP contribution is 2.30. The minimum Gasteiger partial charge on any atom is -0.496 e. The van der Waals surface area contributed by atoms with Crippen LogP contribution in [0.2, 0.25) is 0 Å². The van der Waals surface area contributed by atoms with Gasteiger partial charge in [-0.05, 0) is 58.7 Å². The molecule has 0 aliphatic rings. The zero-order chi connectivity index (χ0) is 19.4. The van der Waals surface area contributed by atoms with E-state index in [1.807, 2.05) is 48.5 Å². The second kappa shape index (κ2) is 8.11. The van der Waals surface area contributed by atoms with E-state index in [4.69, 9.17) is 9.47 Å². The fraction of sp³-hybridized carbons (Fsp3) is 0.143. The van der Waals surface area contributed by atoms with Crippen molar-refractivity contribution in [2.24, 2.45) is 0 Å². The third-order valence-corrected chi connectivity index (χ3v) is 4.75. The maximum Gasteiger partial charge on any atom is 0.266 e. The molecule has 3 aromatic rings. The highest BCUT2D eigenvalue weighted by atomic mass is 79.9. The molecule has 1 aromatic heterocycles. The minimum absolute atomic E-state index is 0.0865. The van der Waals surface area contributed by atoms with Gasteiger partial charge in [0.25, 0.3) is 5.56 Å². The summed E-state index contributed by atoms with van der Waals surface area (Å²) in [6.07, 6.45) is 0. The maximum atomic E-state index is 12.1. The summed E-state index contributed by atoms with van der Waals surface area (Å²) in [4.78, 5) is 14.7. The van der Waals surface area contributed by atoms with Crippen molar-refractivity contribution in [3.63, 3.8) is 0 Å². The topological polar surface area (TPSA) is 75.1 Å². The summed E-state index contributed by atoms with van der Waals surface area (Å²) in [5.41, 5.74) is 2.54. The lowest BCUT2D eigenvalue weighted by Gasteiger charge is -2.14. The largest absolute Gasteiger partial charge is 0.496 e. The van der Waals surface area contributed by atoms with Crippen molar-refractivity contribution < 1.29 is 9.47 Å². The molecule has 1 heterocycles. The number of methoxy groups -OCH3 is 1. The number of aromatic amines is 1. The zero-order valence-corrected chi connectivity index (χ0v) is 16.5. The van der Waals surface area contributed by atoms with Crippen molar-refractivity contribution in [1.29, 1.82) is 5.26 Å². The van der Waals surface area contributed by atoms with Gasteiger partial charge in [0.15, 0.2) is 0 Å². The van der Waals surface area contributed by atoms with E-state index in [0.29, 0.717) is 17.0 Å². The molecule has 0 bridgehead atoms. The first-order valence-corrected chi connectivity index (χ1v) is 9.01. The lowest BCUT2D eigenvalue weighted by molar-refractivity contribution is 0.295. The van der Waals surface area contributed by atoms with Crippen molar-refractivity contribution in [2.75, 3.05) is 7.11 Å². The lowest BCUT2D eigenvalue weighted by Crippen LogP contribution is -2.12. The summed E-state index contributed by atoms with van der Waals surface area (Å²) in [5.74, 6) is 1.39. The normalized spacial score (nSPS) is 10.3. The number of nitrogens with zero attached hydrogens (tertiary/aromatic N) is 1. The number of ether oxygens (including phenoxy) is 2. The molecule has 0 aliphatic carbocycles. The van der Waals surface area contributed by atoms with Crippen LogP contribution >= 0.6 is 15.9 Å². The van der Waals surface area contributed by atoms with Gasteiger partial charge in [-0.3, -0.25) is 4.79 Å². The molecular weight excluding hydrogens is 408 g/mol. The number of aromatic nitrogens is 1. The number of pyridine rings is 1. The van der Waals surface area contributed by atoms with Crippen LogP contribution in [-0.4, -0.2) is 12.1 Å². The first-order valence-electron chi connectivity index (χ1n) is 8.22. The van der Waals surface area contributed by atoms with Crippen LogP contribution in [0.5, 0.6) is 11.5 Å². The third-order valence-electron chi connectivity index (χ3n) is 4.09. The molecule has 27 heavy (non-hydrogen) atoms. The van der Waals surface area contributed by atoms with E-state index in [9.17, 15) is 10.1 Å². The van der Waals surface area contributed by atoms with Crippen LogP contribution in [0.25, 0.3) is 11.1 Å². The number of halogens is 1. The zero-order valence-electron chi connectivity index (χ0n) is 14.9. The Morgan fingerprint density at radius 1 is 1.15 bits per heavy atom. The molecule has 0 saturated carbocycles. The molecule has 0 amide bonds. The van der Waals surface area contributed by atoms with Crippen LogP contribution in [0.15, 0.2) is 57.8 Å². The molecule has 5 nitrogen and oxygen atoms in total. The molecule has 3 rings (SSSR count). The highest BCUT2D eigenvalue weighted by molar-refractivity contribution is 9.10. The van der Waals surface area contributed by atoms with E-state index in [1.54, 1.807) is 20.1 Å². The number of aryl methyl sites for hydroxylation is 1. The van der Waals surface area contributed by atoms with Crippen molar-refractivity contribution in [1.82, 2.24) is 4.98 Å². The molecule has 2 aromatic carbocycles. The molecule has 136 valence electrons. The van der Waals surface area contributed by atoms with E-state index in [2.05, 4.69) is 20.9 Å². The van der Waals surface area contributed by atoms with Crippen LogP contribution in [0.4, 0.5) is 0 Å². The first kappa shape index (κ1) is 18.7. The Bertz CT molecular complexity index is 1080. The molecule has 6 heteroatoms. The summed E-state index contributed by atoms with van der Waals surface area (Å²) in [5, 5.41) is 9.38. The molecule has 0 atom stereocenters. The predicted octanol–water partition coefficient (Wildman–Crippen LogP) is 4.57. The van der Waals surface area contributed by atoms with Crippen LogP contribution in [0.3, 0.4) is 0 Å². The second-order valence-electron chi connectivity index (χ2n) is 5.93. The van der Waals surface area contributed by atoms with E-state index >= 15 is 0 Å². The van der Waals surface area contributed by atoms with Gasteiger partial charge in [-0.15, -0.1) is 0 Å². The Morgan fingerprint density at radius 3 is 2.63 bits per heavy atom. The number of hydrogen-bond donors (Lipinski definition) is 1. The van der Waals surface area contributed by atoms with Crippen LogP contribution in [-0.2, 0) is 6.61 Å². The third kappa shape index (κ3) is 4.04. The Morgan fingerprint density at radius 2 is 1.93 bits per heavy atom. The van der Waals surface area contributed by atoms with Crippen LogP contribution in [0.1, 0.15) is 16.8 Å². The summed E-state index contributed by atoms with van der Waals surface area (Å²) in [7, 11) is 1.59. The summed E-state index contributed by atoms with van der Waals surface area (Å²) in [6, 6.07) is 16.9. The lowest BCUT2D eigenvalue weighted by atomic mass is 9.99. The van der Waals surface area contributed by atoms with E-state index in [0.717, 1.165) is 21.3 Å². The van der Waals surface area contributed by atoms with Crippen LogP contribution in [0, 0.1) is 18.3 Å². The smallest absolute Gasteiger partial charge is 0.266 e. The molecule has 1 N–H and O–H groups in total. The fourth-order valence-corrected chi connectivity index (χ4v) is 3.20. The Hall–Kier alpha value is -3.04. The van der Waals surface area contributed by atoms with Gasteiger partial charge in [0.05, 0.1) is 11.6 Å². The molecule has 0 fully saturated rings. The average Bonchev–Trinajstić information content (AvgIpc) is 2.66. The number of hydrogen-bond acceptors (Lipinski definition) is 4. The average molecular weight is 425 g/mol. The summed E-state index contributed by atoms with van der Waals surface area (Å²) >= 11 is 3.46. The Labute approximate surface area is 165 Å². The molecule has 0 aliphatic heterocycles. The number of nitrogens with one attached hydrogen (secondary N) is 1. The van der Waals surface area contributed by atoms with Crippen molar-refractivity contribution in [2.45, 2.75) is 13.5 Å². The van der Waals surface area contributed by atoms with Crippen molar-refractivity contribution >= 4 is 15.9 Å². The maximum absolute atomic E-state index is 12.1. The molecule has 0 radical (unpaired) electrons. The van der Waals surface area contributed by atoms with Gasteiger partial charge in [0.1, 0.15) is 29.7 Å². The summed E-state index contributed by atoms with van der Waals surface area (Å²) in [6.45, 7) is 2.07. The Balaban J connectivity index is 2.01. The van der Waals surface area contributed by atoms with Gasteiger partial charge < -0.3 is 14.5 Å². The standard InChI is InChI=1S/C21H17BrN2O3/c1-13-9-16(17(11-23)21(25)24-13)14-7-8-19(26-2)15(10-14)12-27-20-6-4-3-5-18(20)22/h3-10H,12H2,1-2H3,(H,24,25). The van der Waals surface area contributed by atoms with Gasteiger partial charge in [-0.2, -0.15) is 5.26 Å². The van der Waals surface area contributed by atoms with Gasteiger partial charge >= 0.3 is 0 Å². The first-order chi connectivity index (χ1) is 13.0. The fourth-order valence-electron chi connectivity index (χ4n) is 2.80. The quantitative estimate of drug-likeness (QED) is 0.650. The van der Waals surface area contributed by atoms with E-state index < -0.39 is 5.56 Å². The van der Waals surface area contributed by atoms with Crippen molar-refractivity contribution in [3.05, 3.63) is 80.2 Å². The highest BCUT2D eigenvalue weighted by Gasteiger charge is 2.13. The van der Waals surface area contributed by atoms with Crippen molar-refractivity contribution in [3.8, 4) is 28.7 Å². The van der Waals surface area contributed by atoms with Gasteiger partial charge in [0, 0.05) is 16.8 Å². The number of rotatable bonds is 5. The predicted molar refractivity (Wildman–Crippen MR) is 107 cm³/mol. The van der Waals surface area contributed by atoms with Gasteiger partial charge in [-0.1, -0.05) is 18.2 Å². The second-order valence-corrected chi connectivity index (χ2v) is 6.78. The number of nitriles is 1. The number of H-pyrrole nitrogens is 1. The van der Waals surface area contributed by atoms with Gasteiger partial charge in [-0.25, -0.2) is 0 Å². The minimum atomic E-state index is -0.394.